The summed E-state index contributed by atoms with van der Waals surface area (Å²) in [5.41, 5.74) is -0.559. The first-order valence-electron chi connectivity index (χ1n) is 11.2. The maximum Gasteiger partial charge on any atom is 0.283 e. The molecule has 0 fully saturated rings. The number of allylic oxidation sites excluding steroid dienone is 1. The van der Waals surface area contributed by atoms with Crippen LogP contribution >= 0.6 is 0 Å². The minimum atomic E-state index is -1.07. The Bertz CT molecular complexity index is 1580. The summed E-state index contributed by atoms with van der Waals surface area (Å²) in [6, 6.07) is 11.7. The number of hydrogen-bond donors (Lipinski definition) is 2. The molecule has 0 aliphatic rings. The normalized spacial score (nSPS) is 10.8. The average Bonchev–Trinajstić information content (AvgIpc) is 3.28. The van der Waals surface area contributed by atoms with Crippen LogP contribution in [0.3, 0.4) is 0 Å². The van der Waals surface area contributed by atoms with E-state index in [-0.39, 0.29) is 39.0 Å². The Morgan fingerprint density at radius 1 is 1.05 bits per heavy atom. The highest BCUT2D eigenvalue weighted by atomic mass is 19.1. The van der Waals surface area contributed by atoms with Gasteiger partial charge in [-0.25, -0.2) is 8.78 Å². The molecule has 0 saturated heterocycles. The molecule has 4 aromatic rings. The van der Waals surface area contributed by atoms with E-state index in [0.717, 1.165) is 18.2 Å². The number of hydrogen-bond acceptors (Lipinski definition) is 5. The maximum absolute atomic E-state index is 16.2. The number of halogens is 2. The van der Waals surface area contributed by atoms with Gasteiger partial charge in [0.05, 0.1) is 27.5 Å². The number of nitrogens with zero attached hydrogens (tertiary/aromatic N) is 1. The van der Waals surface area contributed by atoms with E-state index in [9.17, 15) is 24.1 Å². The van der Waals surface area contributed by atoms with Crippen LogP contribution in [-0.4, -0.2) is 23.8 Å². The summed E-state index contributed by atoms with van der Waals surface area (Å²) in [6.45, 7) is 5.53. The van der Waals surface area contributed by atoms with Crippen LogP contribution in [0, 0.1) is 21.7 Å². The molecule has 1 aromatic heterocycles. The Balaban J connectivity index is 2.00. The quantitative estimate of drug-likeness (QED) is 0.237. The van der Waals surface area contributed by atoms with E-state index in [0.29, 0.717) is 12.1 Å². The van der Waals surface area contributed by atoms with Gasteiger partial charge in [0.25, 0.3) is 17.5 Å². The van der Waals surface area contributed by atoms with E-state index in [2.05, 4.69) is 17.2 Å². The Morgan fingerprint density at radius 3 is 2.38 bits per heavy atom. The number of rotatable bonds is 7. The van der Waals surface area contributed by atoms with E-state index in [1.54, 1.807) is 0 Å². The van der Waals surface area contributed by atoms with Crippen molar-refractivity contribution < 1.29 is 27.7 Å². The second-order valence-electron chi connectivity index (χ2n) is 8.10. The second kappa shape index (κ2) is 10.0. The van der Waals surface area contributed by atoms with Gasteiger partial charge in [0, 0.05) is 23.9 Å². The van der Waals surface area contributed by atoms with Crippen molar-refractivity contribution in [2.24, 2.45) is 0 Å². The lowest BCUT2D eigenvalue weighted by Crippen LogP contribution is -2.21. The van der Waals surface area contributed by atoms with Gasteiger partial charge in [0.2, 0.25) is 0 Å². The number of fused-ring (bicyclic) bond motifs is 1. The molecule has 2 amide bonds. The molecule has 0 saturated carbocycles. The highest BCUT2D eigenvalue weighted by Gasteiger charge is 2.31. The van der Waals surface area contributed by atoms with Crippen molar-refractivity contribution in [3.63, 3.8) is 0 Å². The van der Waals surface area contributed by atoms with Crippen LogP contribution in [0.15, 0.2) is 71.3 Å². The van der Waals surface area contributed by atoms with E-state index < -0.39 is 39.6 Å². The number of nitrogens with one attached hydrogen (secondary N) is 2. The fraction of sp³-hybridized carbons (Fsp3) is 0.111. The highest BCUT2D eigenvalue weighted by Crippen LogP contribution is 2.43. The molecule has 3 aromatic carbocycles. The lowest BCUT2D eigenvalue weighted by Gasteiger charge is -2.10. The number of furan rings is 1. The largest absolute Gasteiger partial charge is 0.455 e. The zero-order chi connectivity index (χ0) is 26.9. The molecule has 37 heavy (non-hydrogen) atoms. The van der Waals surface area contributed by atoms with E-state index in [1.165, 1.54) is 43.4 Å². The summed E-state index contributed by atoms with van der Waals surface area (Å²) >= 11 is 0. The fourth-order valence-electron chi connectivity index (χ4n) is 3.90. The van der Waals surface area contributed by atoms with Gasteiger partial charge < -0.3 is 15.1 Å². The summed E-state index contributed by atoms with van der Waals surface area (Å²) in [5.74, 6) is -2.90. The number of nitro groups is 1. The van der Waals surface area contributed by atoms with Gasteiger partial charge in [-0.15, -0.1) is 0 Å². The van der Waals surface area contributed by atoms with Gasteiger partial charge in [-0.1, -0.05) is 25.6 Å². The van der Waals surface area contributed by atoms with Crippen molar-refractivity contribution in [2.75, 3.05) is 7.05 Å². The number of benzene rings is 3. The predicted octanol–water partition coefficient (Wildman–Crippen LogP) is 5.97. The van der Waals surface area contributed by atoms with Gasteiger partial charge >= 0.3 is 0 Å². The zero-order valence-electron chi connectivity index (χ0n) is 19.9. The first kappa shape index (κ1) is 25.2. The van der Waals surface area contributed by atoms with Crippen LogP contribution in [0.25, 0.3) is 33.4 Å². The Hall–Kier alpha value is -4.86. The van der Waals surface area contributed by atoms with Gasteiger partial charge in [0.15, 0.2) is 0 Å². The smallest absolute Gasteiger partial charge is 0.283 e. The molecule has 0 radical (unpaired) electrons. The van der Waals surface area contributed by atoms with Crippen molar-refractivity contribution in [2.45, 2.75) is 13.3 Å². The van der Waals surface area contributed by atoms with Gasteiger partial charge in [-0.05, 0) is 48.4 Å². The first-order valence-corrected chi connectivity index (χ1v) is 11.2. The van der Waals surface area contributed by atoms with Gasteiger partial charge in [-0.3, -0.25) is 19.7 Å². The Labute approximate surface area is 209 Å². The third kappa shape index (κ3) is 4.68. The first-order chi connectivity index (χ1) is 17.7. The van der Waals surface area contributed by atoms with E-state index in [4.69, 9.17) is 4.42 Å². The van der Waals surface area contributed by atoms with Gasteiger partial charge in [-0.2, -0.15) is 0 Å². The summed E-state index contributed by atoms with van der Waals surface area (Å²) in [5, 5.41) is 16.7. The predicted molar refractivity (Wildman–Crippen MR) is 134 cm³/mol. The molecule has 0 aliphatic carbocycles. The summed E-state index contributed by atoms with van der Waals surface area (Å²) < 4.78 is 35.4. The fourth-order valence-corrected chi connectivity index (χ4v) is 3.90. The molecule has 0 unspecified atom stereocenters. The van der Waals surface area contributed by atoms with Crippen LogP contribution in [0.1, 0.15) is 34.1 Å². The number of nitro benzene ring substituents is 1. The average molecular weight is 505 g/mol. The van der Waals surface area contributed by atoms with E-state index in [1.807, 2.05) is 6.92 Å². The number of carbonyl (C=O) groups is 2. The molecular weight excluding hydrogens is 484 g/mol. The molecule has 2 N–H and O–H groups in total. The SMILES string of the molecule is C=C(CC)NC(=O)c1cccc(-c2c([N+](=O)[O-])cc3oc(-c4ccc(F)cc4)c(C(=O)NC)c3c2F)c1. The lowest BCUT2D eigenvalue weighted by atomic mass is 9.96. The van der Waals surface area contributed by atoms with Crippen molar-refractivity contribution in [3.05, 3.63) is 99.7 Å². The molecular formula is C27H21F2N3O5. The molecule has 188 valence electrons. The topological polar surface area (TPSA) is 114 Å². The molecule has 0 aliphatic heterocycles. The number of carbonyl (C=O) groups excluding carboxylic acids is 2. The lowest BCUT2D eigenvalue weighted by molar-refractivity contribution is -0.384. The Morgan fingerprint density at radius 2 is 1.76 bits per heavy atom. The van der Waals surface area contributed by atoms with Crippen LogP contribution < -0.4 is 10.6 Å². The third-order valence-electron chi connectivity index (χ3n) is 5.79. The van der Waals surface area contributed by atoms with Crippen molar-refractivity contribution in [1.29, 1.82) is 0 Å². The molecule has 0 bridgehead atoms. The second-order valence-corrected chi connectivity index (χ2v) is 8.10. The highest BCUT2D eigenvalue weighted by molar-refractivity contribution is 6.13. The third-order valence-corrected chi connectivity index (χ3v) is 5.79. The minimum absolute atomic E-state index is 0.0493. The van der Waals surface area contributed by atoms with Crippen molar-refractivity contribution in [3.8, 4) is 22.5 Å². The minimum Gasteiger partial charge on any atom is -0.455 e. The molecule has 8 nitrogen and oxygen atoms in total. The van der Waals surface area contributed by atoms with E-state index >= 15 is 4.39 Å². The molecule has 1 heterocycles. The van der Waals surface area contributed by atoms with Crippen LogP contribution in [0.2, 0.25) is 0 Å². The van der Waals surface area contributed by atoms with Crippen molar-refractivity contribution >= 4 is 28.5 Å². The molecule has 0 atom stereocenters. The van der Waals surface area contributed by atoms with Crippen LogP contribution in [-0.2, 0) is 0 Å². The molecule has 0 spiro atoms. The van der Waals surface area contributed by atoms with Crippen molar-refractivity contribution in [1.82, 2.24) is 10.6 Å². The maximum atomic E-state index is 16.2. The standard InChI is InChI=1S/C27H21F2N3O5/c1-4-14(2)31-26(33)17-7-5-6-16(12-17)21-19(32(35)36)13-20-22(24(21)29)23(27(34)30-3)25(37-20)15-8-10-18(28)11-9-15/h5-13H,2,4H2,1,3H3,(H,30,34)(H,31,33). The summed E-state index contributed by atoms with van der Waals surface area (Å²) in [4.78, 5) is 36.6. The zero-order valence-corrected chi connectivity index (χ0v) is 19.9. The van der Waals surface area contributed by atoms with Crippen LogP contribution in [0.5, 0.6) is 0 Å². The molecule has 10 heteroatoms. The summed E-state index contributed by atoms with van der Waals surface area (Å²) in [6.07, 6.45) is 0.501. The number of amides is 2. The summed E-state index contributed by atoms with van der Waals surface area (Å²) in [7, 11) is 1.34. The molecule has 4 rings (SSSR count). The Kier molecular flexibility index (Phi) is 6.83. The van der Waals surface area contributed by atoms with Crippen LogP contribution in [0.4, 0.5) is 14.5 Å². The van der Waals surface area contributed by atoms with Gasteiger partial charge in [0.1, 0.15) is 23.0 Å². The monoisotopic (exact) mass is 505 g/mol.